The molecule has 8 nitrogen and oxygen atoms in total. The van der Waals surface area contributed by atoms with Gasteiger partial charge in [0.25, 0.3) is 0 Å². The van der Waals surface area contributed by atoms with Crippen LogP contribution in [0.3, 0.4) is 0 Å². The Kier molecular flexibility index (Phi) is 6.55. The molecule has 2 aromatic heterocycles. The van der Waals surface area contributed by atoms with Crippen molar-refractivity contribution in [2.75, 3.05) is 29.4 Å². The molecule has 0 saturated carbocycles. The lowest BCUT2D eigenvalue weighted by Crippen LogP contribution is -2.52. The maximum Gasteiger partial charge on any atom is 0.223 e. The molecule has 0 bridgehead atoms. The van der Waals surface area contributed by atoms with E-state index in [0.717, 1.165) is 30.5 Å². The Hall–Kier alpha value is -2.55. The first kappa shape index (κ1) is 24.2. The molecular weight excluding hydrogens is 511 g/mol. The molecule has 0 radical (unpaired) electrons. The average Bonchev–Trinajstić information content (AvgIpc) is 3.22. The van der Waals surface area contributed by atoms with Gasteiger partial charge in [-0.25, -0.2) is 4.98 Å². The van der Waals surface area contributed by atoms with E-state index in [2.05, 4.69) is 19.9 Å². The minimum atomic E-state index is -0.240. The number of aromatic nitrogens is 3. The van der Waals surface area contributed by atoms with Crippen molar-refractivity contribution in [3.63, 3.8) is 0 Å². The van der Waals surface area contributed by atoms with Gasteiger partial charge in [0.1, 0.15) is 5.15 Å². The number of imidazole rings is 1. The molecule has 2 amide bonds. The topological polar surface area (TPSA) is 85.4 Å². The zero-order valence-corrected chi connectivity index (χ0v) is 21.7. The minimum absolute atomic E-state index is 0.0294. The highest BCUT2D eigenvalue weighted by molar-refractivity contribution is 6.37. The molecule has 1 fully saturated rings. The highest BCUT2D eigenvalue weighted by atomic mass is 35.5. The maximum atomic E-state index is 13.1. The number of aromatic amines is 1. The fourth-order valence-electron chi connectivity index (χ4n) is 5.36. The number of anilines is 2. The van der Waals surface area contributed by atoms with Gasteiger partial charge in [-0.3, -0.25) is 9.59 Å². The Labute approximate surface area is 218 Å². The van der Waals surface area contributed by atoms with Crippen LogP contribution in [0.25, 0.3) is 11.2 Å². The van der Waals surface area contributed by atoms with Gasteiger partial charge >= 0.3 is 0 Å². The van der Waals surface area contributed by atoms with E-state index in [1.54, 1.807) is 24.0 Å². The summed E-state index contributed by atoms with van der Waals surface area (Å²) < 4.78 is 0. The SMILES string of the molecule is CC(=O)N1CCC(N(C(C)=O)[C@H]2CCCN(c3nc4nc(Cl)ccc4[nH]3)C2)c2cc(Cl)cc(Cl)c21. The van der Waals surface area contributed by atoms with Crippen molar-refractivity contribution in [3.05, 3.63) is 45.0 Å². The number of fused-ring (bicyclic) bond motifs is 2. The molecular formula is C24H25Cl3N6O2. The summed E-state index contributed by atoms with van der Waals surface area (Å²) in [5.74, 6) is 0.588. The molecule has 1 unspecified atom stereocenters. The zero-order valence-electron chi connectivity index (χ0n) is 19.4. The lowest BCUT2D eigenvalue weighted by molar-refractivity contribution is -0.134. The Bertz CT molecular complexity index is 1310. The molecule has 3 aromatic rings. The highest BCUT2D eigenvalue weighted by Crippen LogP contribution is 2.44. The standard InChI is InChI=1S/C24H25Cl3N6O2/c1-13(34)32-9-7-20(17-10-15(25)11-18(26)22(17)32)33(14(2)35)16-4-3-8-31(12-16)24-28-19-5-6-21(27)29-23(19)30-24/h5-6,10-11,16,20H,3-4,7-9,12H2,1-2H3,(H,28,29,30)/t16-,20?/m0/s1. The summed E-state index contributed by atoms with van der Waals surface area (Å²) in [5, 5.41) is 1.28. The fraction of sp³-hybridized carbons (Fsp3) is 0.417. The number of hydrogen-bond acceptors (Lipinski definition) is 5. The molecule has 5 rings (SSSR count). The molecule has 0 spiro atoms. The summed E-state index contributed by atoms with van der Waals surface area (Å²) >= 11 is 19.0. The summed E-state index contributed by atoms with van der Waals surface area (Å²) in [5.41, 5.74) is 2.82. The van der Waals surface area contributed by atoms with Crippen LogP contribution in [0.15, 0.2) is 24.3 Å². The fourth-order valence-corrected chi connectivity index (χ4v) is 6.11. The average molecular weight is 536 g/mol. The number of nitrogens with one attached hydrogen (secondary N) is 1. The monoisotopic (exact) mass is 534 g/mol. The normalized spacial score (nSPS) is 20.1. The van der Waals surface area contributed by atoms with Gasteiger partial charge in [0, 0.05) is 50.1 Å². The van der Waals surface area contributed by atoms with Crippen molar-refractivity contribution in [2.24, 2.45) is 0 Å². The van der Waals surface area contributed by atoms with Gasteiger partial charge in [0.2, 0.25) is 17.8 Å². The third-order valence-corrected chi connectivity index (χ3v) is 7.50. The molecule has 2 aliphatic rings. The van der Waals surface area contributed by atoms with Crippen LogP contribution in [-0.2, 0) is 9.59 Å². The maximum absolute atomic E-state index is 13.1. The Morgan fingerprint density at radius 1 is 1.09 bits per heavy atom. The highest BCUT2D eigenvalue weighted by Gasteiger charge is 2.38. The summed E-state index contributed by atoms with van der Waals surface area (Å²) in [6, 6.07) is 6.76. The van der Waals surface area contributed by atoms with Gasteiger partial charge in [-0.2, -0.15) is 4.98 Å². The third kappa shape index (κ3) is 4.55. The predicted molar refractivity (Wildman–Crippen MR) is 139 cm³/mol. The number of hydrogen-bond donors (Lipinski definition) is 1. The molecule has 2 aliphatic heterocycles. The van der Waals surface area contributed by atoms with Crippen LogP contribution in [0, 0.1) is 0 Å². The van der Waals surface area contributed by atoms with Gasteiger partial charge in [-0.1, -0.05) is 34.8 Å². The summed E-state index contributed by atoms with van der Waals surface area (Å²) in [6.45, 7) is 5.02. The van der Waals surface area contributed by atoms with Crippen LogP contribution in [0.5, 0.6) is 0 Å². The van der Waals surface area contributed by atoms with Crippen LogP contribution in [0.2, 0.25) is 15.2 Å². The number of amides is 2. The van der Waals surface area contributed by atoms with Crippen LogP contribution < -0.4 is 9.80 Å². The van der Waals surface area contributed by atoms with Crippen LogP contribution in [-0.4, -0.2) is 57.3 Å². The van der Waals surface area contributed by atoms with Crippen molar-refractivity contribution < 1.29 is 9.59 Å². The second kappa shape index (κ2) is 9.48. The Morgan fingerprint density at radius 3 is 2.63 bits per heavy atom. The number of halogens is 3. The first-order valence-corrected chi connectivity index (χ1v) is 12.7. The van der Waals surface area contributed by atoms with Crippen molar-refractivity contribution >= 4 is 69.4 Å². The lowest BCUT2D eigenvalue weighted by Gasteiger charge is -2.46. The lowest BCUT2D eigenvalue weighted by atomic mass is 9.91. The molecule has 2 atom stereocenters. The predicted octanol–water partition coefficient (Wildman–Crippen LogP) is 5.23. The van der Waals surface area contributed by atoms with Gasteiger partial charge < -0.3 is 19.7 Å². The molecule has 35 heavy (non-hydrogen) atoms. The van der Waals surface area contributed by atoms with Gasteiger partial charge in [0.05, 0.1) is 22.3 Å². The number of carbonyl (C=O) groups excluding carboxylic acids is 2. The van der Waals surface area contributed by atoms with E-state index < -0.39 is 0 Å². The number of H-pyrrole nitrogens is 1. The largest absolute Gasteiger partial charge is 0.340 e. The van der Waals surface area contributed by atoms with Gasteiger partial charge in [0.15, 0.2) is 5.65 Å². The molecule has 1 N–H and O–H groups in total. The quantitative estimate of drug-likeness (QED) is 0.464. The number of carbonyl (C=O) groups is 2. The first-order valence-electron chi connectivity index (χ1n) is 11.6. The molecule has 1 aromatic carbocycles. The first-order chi connectivity index (χ1) is 16.7. The Balaban J connectivity index is 1.48. The number of nitrogens with zero attached hydrogens (tertiary/aromatic N) is 5. The number of benzene rings is 1. The van der Waals surface area contributed by atoms with Crippen LogP contribution in [0.4, 0.5) is 11.6 Å². The third-order valence-electron chi connectivity index (χ3n) is 6.78. The minimum Gasteiger partial charge on any atom is -0.340 e. The number of rotatable bonds is 3. The van der Waals surface area contributed by atoms with E-state index in [1.807, 2.05) is 17.0 Å². The smallest absolute Gasteiger partial charge is 0.223 e. The van der Waals surface area contributed by atoms with E-state index in [0.29, 0.717) is 52.0 Å². The van der Waals surface area contributed by atoms with E-state index >= 15 is 0 Å². The van der Waals surface area contributed by atoms with E-state index in [-0.39, 0.29) is 23.9 Å². The van der Waals surface area contributed by atoms with Crippen LogP contribution >= 0.6 is 34.8 Å². The summed E-state index contributed by atoms with van der Waals surface area (Å²) in [7, 11) is 0. The molecule has 11 heteroatoms. The number of pyridine rings is 1. The van der Waals surface area contributed by atoms with Crippen molar-refractivity contribution in [3.8, 4) is 0 Å². The van der Waals surface area contributed by atoms with E-state index in [1.165, 1.54) is 6.92 Å². The van der Waals surface area contributed by atoms with Crippen LogP contribution in [0.1, 0.15) is 44.7 Å². The summed E-state index contributed by atoms with van der Waals surface area (Å²) in [4.78, 5) is 43.4. The van der Waals surface area contributed by atoms with E-state index in [9.17, 15) is 9.59 Å². The molecule has 1 saturated heterocycles. The van der Waals surface area contributed by atoms with Crippen molar-refractivity contribution in [1.82, 2.24) is 19.9 Å². The van der Waals surface area contributed by atoms with E-state index in [4.69, 9.17) is 34.8 Å². The number of piperidine rings is 1. The zero-order chi connectivity index (χ0) is 24.9. The van der Waals surface area contributed by atoms with Crippen molar-refractivity contribution in [1.29, 1.82) is 0 Å². The summed E-state index contributed by atoms with van der Waals surface area (Å²) in [6.07, 6.45) is 2.36. The second-order valence-electron chi connectivity index (χ2n) is 9.03. The molecule has 184 valence electrons. The molecule has 4 heterocycles. The van der Waals surface area contributed by atoms with Gasteiger partial charge in [-0.05, 0) is 43.5 Å². The van der Waals surface area contributed by atoms with Crippen molar-refractivity contribution in [2.45, 2.75) is 45.2 Å². The van der Waals surface area contributed by atoms with Gasteiger partial charge in [-0.15, -0.1) is 0 Å². The molecule has 0 aliphatic carbocycles. The Morgan fingerprint density at radius 2 is 1.89 bits per heavy atom. The second-order valence-corrected chi connectivity index (χ2v) is 10.3.